The van der Waals surface area contributed by atoms with Gasteiger partial charge in [-0.25, -0.2) is 4.98 Å². The summed E-state index contributed by atoms with van der Waals surface area (Å²) in [6.07, 6.45) is -0.657. The van der Waals surface area contributed by atoms with Crippen LogP contribution < -0.4 is 5.32 Å². The average molecular weight is 305 g/mol. The summed E-state index contributed by atoms with van der Waals surface area (Å²) in [5.41, 5.74) is 1.69. The Hall–Kier alpha value is -1.62. The van der Waals surface area contributed by atoms with E-state index >= 15 is 0 Å². The van der Waals surface area contributed by atoms with Gasteiger partial charge in [-0.1, -0.05) is 53.3 Å². The van der Waals surface area contributed by atoms with Crippen molar-refractivity contribution in [2.75, 3.05) is 11.9 Å². The minimum Gasteiger partial charge on any atom is -0.387 e. The number of aliphatic hydroxyl groups excluding tert-OH is 1. The fourth-order valence-corrected chi connectivity index (χ4v) is 3.12. The Kier molecular flexibility index (Phi) is 3.87. The number of thiazole rings is 1. The van der Waals surface area contributed by atoms with Gasteiger partial charge in [0.05, 0.1) is 16.3 Å². The molecule has 0 aliphatic carbocycles. The number of hydrogen-bond acceptors (Lipinski definition) is 4. The summed E-state index contributed by atoms with van der Waals surface area (Å²) >= 11 is 7.64. The highest BCUT2D eigenvalue weighted by Crippen LogP contribution is 2.27. The van der Waals surface area contributed by atoms with E-state index in [9.17, 15) is 5.11 Å². The van der Waals surface area contributed by atoms with Crippen molar-refractivity contribution < 1.29 is 5.11 Å². The van der Waals surface area contributed by atoms with Crippen molar-refractivity contribution in [2.45, 2.75) is 6.10 Å². The van der Waals surface area contributed by atoms with Gasteiger partial charge < -0.3 is 10.4 Å². The minimum absolute atomic E-state index is 0.379. The van der Waals surface area contributed by atoms with Crippen LogP contribution in [-0.4, -0.2) is 16.6 Å². The van der Waals surface area contributed by atoms with Crippen LogP contribution in [-0.2, 0) is 0 Å². The number of fused-ring (bicyclic) bond motifs is 1. The molecular formula is C15H13ClN2OS. The zero-order chi connectivity index (χ0) is 13.9. The van der Waals surface area contributed by atoms with E-state index in [-0.39, 0.29) is 0 Å². The van der Waals surface area contributed by atoms with Gasteiger partial charge in [-0.2, -0.15) is 0 Å². The van der Waals surface area contributed by atoms with Gasteiger partial charge in [0.15, 0.2) is 5.13 Å². The van der Waals surface area contributed by atoms with Crippen LogP contribution in [0.3, 0.4) is 0 Å². The van der Waals surface area contributed by atoms with Gasteiger partial charge in [-0.05, 0) is 18.2 Å². The third-order valence-corrected chi connectivity index (χ3v) is 4.34. The fourth-order valence-electron chi connectivity index (χ4n) is 1.99. The molecule has 20 heavy (non-hydrogen) atoms. The van der Waals surface area contributed by atoms with Crippen LogP contribution in [0.4, 0.5) is 5.13 Å². The van der Waals surface area contributed by atoms with Crippen molar-refractivity contribution in [3.05, 3.63) is 59.1 Å². The first-order valence-electron chi connectivity index (χ1n) is 6.26. The third kappa shape index (κ3) is 2.77. The summed E-state index contributed by atoms with van der Waals surface area (Å²) in [5.74, 6) is 0. The quantitative estimate of drug-likeness (QED) is 0.763. The lowest BCUT2D eigenvalue weighted by molar-refractivity contribution is 0.192. The molecule has 0 saturated carbocycles. The second kappa shape index (κ2) is 5.79. The molecule has 0 aliphatic rings. The molecule has 1 aromatic heterocycles. The Morgan fingerprint density at radius 2 is 1.90 bits per heavy atom. The highest BCUT2D eigenvalue weighted by Gasteiger charge is 2.11. The van der Waals surface area contributed by atoms with E-state index < -0.39 is 6.10 Å². The van der Waals surface area contributed by atoms with Gasteiger partial charge in [-0.15, -0.1) is 0 Å². The zero-order valence-electron chi connectivity index (χ0n) is 10.6. The zero-order valence-corrected chi connectivity index (χ0v) is 12.2. The molecule has 3 aromatic rings. The lowest BCUT2D eigenvalue weighted by Gasteiger charge is -2.12. The SMILES string of the molecule is OC(CNc1nc2ccccc2s1)c1ccccc1Cl. The summed E-state index contributed by atoms with van der Waals surface area (Å²) in [5, 5.41) is 14.7. The van der Waals surface area contributed by atoms with Gasteiger partial charge in [0.25, 0.3) is 0 Å². The van der Waals surface area contributed by atoms with E-state index in [4.69, 9.17) is 11.6 Å². The Morgan fingerprint density at radius 1 is 1.15 bits per heavy atom. The van der Waals surface area contributed by atoms with Crippen molar-refractivity contribution in [1.29, 1.82) is 0 Å². The maximum absolute atomic E-state index is 10.2. The van der Waals surface area contributed by atoms with Crippen LogP contribution in [0.5, 0.6) is 0 Å². The smallest absolute Gasteiger partial charge is 0.183 e. The van der Waals surface area contributed by atoms with E-state index in [0.29, 0.717) is 11.6 Å². The molecule has 2 aromatic carbocycles. The first kappa shape index (κ1) is 13.4. The lowest BCUT2D eigenvalue weighted by Crippen LogP contribution is -2.12. The van der Waals surface area contributed by atoms with Crippen molar-refractivity contribution in [1.82, 2.24) is 4.98 Å². The van der Waals surface area contributed by atoms with Gasteiger partial charge >= 0.3 is 0 Å². The van der Waals surface area contributed by atoms with Crippen LogP contribution in [0.15, 0.2) is 48.5 Å². The van der Waals surface area contributed by atoms with Crippen molar-refractivity contribution in [3.8, 4) is 0 Å². The largest absolute Gasteiger partial charge is 0.387 e. The van der Waals surface area contributed by atoms with E-state index in [2.05, 4.69) is 10.3 Å². The predicted octanol–water partition coefficient (Wildman–Crippen LogP) is 4.10. The van der Waals surface area contributed by atoms with Gasteiger partial charge in [-0.3, -0.25) is 0 Å². The molecule has 0 aliphatic heterocycles. The molecule has 0 saturated heterocycles. The monoisotopic (exact) mass is 304 g/mol. The van der Waals surface area contributed by atoms with Crippen molar-refractivity contribution in [3.63, 3.8) is 0 Å². The van der Waals surface area contributed by atoms with Crippen LogP contribution in [0.1, 0.15) is 11.7 Å². The molecular weight excluding hydrogens is 292 g/mol. The lowest BCUT2D eigenvalue weighted by atomic mass is 10.1. The Labute approximate surface area is 125 Å². The summed E-state index contributed by atoms with van der Waals surface area (Å²) in [7, 11) is 0. The molecule has 5 heteroatoms. The molecule has 3 nitrogen and oxygen atoms in total. The van der Waals surface area contributed by atoms with Gasteiger partial charge in [0, 0.05) is 17.1 Å². The molecule has 2 N–H and O–H groups in total. The number of anilines is 1. The standard InChI is InChI=1S/C15H13ClN2OS/c16-11-6-2-1-5-10(11)13(19)9-17-15-18-12-7-3-4-8-14(12)20-15/h1-8,13,19H,9H2,(H,17,18). The molecule has 0 spiro atoms. The van der Waals surface area contributed by atoms with E-state index in [1.54, 1.807) is 17.4 Å². The maximum atomic E-state index is 10.2. The van der Waals surface area contributed by atoms with Crippen LogP contribution >= 0.6 is 22.9 Å². The highest BCUT2D eigenvalue weighted by atomic mass is 35.5. The number of halogens is 1. The first-order chi connectivity index (χ1) is 9.74. The molecule has 102 valence electrons. The third-order valence-electron chi connectivity index (χ3n) is 3.00. The van der Waals surface area contributed by atoms with Crippen LogP contribution in [0.25, 0.3) is 10.2 Å². The fraction of sp³-hybridized carbons (Fsp3) is 0.133. The normalized spacial score (nSPS) is 12.5. The Morgan fingerprint density at radius 3 is 2.70 bits per heavy atom. The molecule has 1 heterocycles. The summed E-state index contributed by atoms with van der Waals surface area (Å²) in [4.78, 5) is 4.46. The molecule has 0 bridgehead atoms. The number of aliphatic hydroxyl groups is 1. The Balaban J connectivity index is 1.71. The molecule has 0 radical (unpaired) electrons. The van der Waals surface area contributed by atoms with Crippen molar-refractivity contribution >= 4 is 38.3 Å². The minimum atomic E-state index is -0.657. The van der Waals surface area contributed by atoms with Crippen molar-refractivity contribution in [2.24, 2.45) is 0 Å². The number of nitrogens with zero attached hydrogens (tertiary/aromatic N) is 1. The number of hydrogen-bond donors (Lipinski definition) is 2. The Bertz CT molecular complexity index is 695. The average Bonchev–Trinajstić information content (AvgIpc) is 2.88. The molecule has 0 fully saturated rings. The van der Waals surface area contributed by atoms with Crippen LogP contribution in [0.2, 0.25) is 5.02 Å². The molecule has 3 rings (SSSR count). The maximum Gasteiger partial charge on any atom is 0.183 e. The van der Waals surface area contributed by atoms with Crippen LogP contribution in [0, 0.1) is 0 Å². The van der Waals surface area contributed by atoms with E-state index in [0.717, 1.165) is 20.9 Å². The number of para-hydroxylation sites is 1. The number of rotatable bonds is 4. The topological polar surface area (TPSA) is 45.1 Å². The summed E-state index contributed by atoms with van der Waals surface area (Å²) < 4.78 is 1.13. The second-order valence-corrected chi connectivity index (χ2v) is 5.84. The number of nitrogens with one attached hydrogen (secondary N) is 1. The number of benzene rings is 2. The molecule has 1 unspecified atom stereocenters. The molecule has 1 atom stereocenters. The highest BCUT2D eigenvalue weighted by molar-refractivity contribution is 7.22. The van der Waals surface area contributed by atoms with Gasteiger partial charge in [0.2, 0.25) is 0 Å². The van der Waals surface area contributed by atoms with E-state index in [1.165, 1.54) is 0 Å². The van der Waals surface area contributed by atoms with E-state index in [1.807, 2.05) is 42.5 Å². The summed E-state index contributed by atoms with van der Waals surface area (Å²) in [6.45, 7) is 0.379. The first-order valence-corrected chi connectivity index (χ1v) is 7.45. The molecule has 0 amide bonds. The second-order valence-electron chi connectivity index (χ2n) is 4.40. The predicted molar refractivity (Wildman–Crippen MR) is 84.5 cm³/mol. The van der Waals surface area contributed by atoms with Gasteiger partial charge in [0.1, 0.15) is 0 Å². The summed E-state index contributed by atoms with van der Waals surface area (Å²) in [6, 6.07) is 15.3. The number of aromatic nitrogens is 1.